The number of rotatable bonds is 3. The van der Waals surface area contributed by atoms with Gasteiger partial charge >= 0.3 is 0 Å². The fourth-order valence-corrected chi connectivity index (χ4v) is 8.58. The Morgan fingerprint density at radius 3 is 1.62 bits per heavy atom. The van der Waals surface area contributed by atoms with E-state index in [2.05, 4.69) is 98.8 Å². The summed E-state index contributed by atoms with van der Waals surface area (Å²) in [5, 5.41) is 16.8. The molecule has 0 bridgehead atoms. The molecule has 0 fully saturated rings. The van der Waals surface area contributed by atoms with Gasteiger partial charge in [0.05, 0.1) is 22.8 Å². The minimum Gasteiger partial charge on any atom is -0.264 e. The summed E-state index contributed by atoms with van der Waals surface area (Å²) in [5.74, 6) is 0. The molecule has 0 N–H and O–H groups in total. The van der Waals surface area contributed by atoms with E-state index in [4.69, 9.17) is 19.9 Å². The third kappa shape index (κ3) is 4.47. The van der Waals surface area contributed by atoms with Gasteiger partial charge in [0.25, 0.3) is 0 Å². The van der Waals surface area contributed by atoms with E-state index in [1.54, 1.807) is 0 Å². The molecule has 258 valence electrons. The predicted molar refractivity (Wildman–Crippen MR) is 225 cm³/mol. The van der Waals surface area contributed by atoms with E-state index in [-0.39, 0.29) is 0 Å². The van der Waals surface area contributed by atoms with Crippen molar-refractivity contribution in [1.82, 2.24) is 39.9 Å². The highest BCUT2D eigenvalue weighted by Crippen LogP contribution is 2.46. The molecular weight excluding hydrogens is 689 g/mol. The maximum atomic E-state index is 5.76. The van der Waals surface area contributed by atoms with E-state index in [9.17, 15) is 0 Å². The second-order valence-electron chi connectivity index (χ2n) is 14.1. The highest BCUT2D eigenvalue weighted by atomic mass is 14.8. The Balaban J connectivity index is 1.28. The van der Waals surface area contributed by atoms with Crippen molar-refractivity contribution in [3.05, 3.63) is 159 Å². The lowest BCUT2D eigenvalue weighted by atomic mass is 9.89. The molecule has 0 spiro atoms. The molecule has 8 aromatic heterocycles. The molecule has 8 heterocycles. The molecule has 8 heteroatoms. The highest BCUT2D eigenvalue weighted by Gasteiger charge is 2.25. The number of fused-ring (bicyclic) bond motifs is 12. The van der Waals surface area contributed by atoms with Gasteiger partial charge in [0.2, 0.25) is 0 Å². The number of aromatic nitrogens is 8. The molecule has 0 aliphatic heterocycles. The molecule has 0 saturated carbocycles. The van der Waals surface area contributed by atoms with Crippen LogP contribution in [0.15, 0.2) is 159 Å². The van der Waals surface area contributed by atoms with E-state index in [1.165, 1.54) is 0 Å². The normalized spacial score (nSPS) is 11.9. The quantitative estimate of drug-likeness (QED) is 0.167. The average molecular weight is 715 g/mol. The number of hydrogen-bond acceptors (Lipinski definition) is 8. The molecular formula is C48H26N8. The van der Waals surface area contributed by atoms with Crippen molar-refractivity contribution in [2.75, 3.05) is 0 Å². The summed E-state index contributed by atoms with van der Waals surface area (Å²) in [6.45, 7) is 0. The number of nitrogens with zero attached hydrogens (tertiary/aromatic N) is 8. The zero-order valence-electron chi connectivity index (χ0n) is 29.6. The largest absolute Gasteiger partial charge is 0.264 e. The zero-order chi connectivity index (χ0) is 36.7. The van der Waals surface area contributed by atoms with Gasteiger partial charge in [-0.1, -0.05) is 48.5 Å². The molecule has 12 rings (SSSR count). The average Bonchev–Trinajstić information content (AvgIpc) is 3.27. The van der Waals surface area contributed by atoms with Crippen LogP contribution in [0.1, 0.15) is 0 Å². The van der Waals surface area contributed by atoms with Gasteiger partial charge < -0.3 is 0 Å². The number of benzene rings is 4. The van der Waals surface area contributed by atoms with Gasteiger partial charge in [-0.05, 0) is 79.5 Å². The highest BCUT2D eigenvalue weighted by molar-refractivity contribution is 6.24. The zero-order valence-corrected chi connectivity index (χ0v) is 29.6. The summed E-state index contributed by atoms with van der Waals surface area (Å²) in [5.41, 5.74) is 4.93. The Hall–Kier alpha value is -7.84. The second kappa shape index (κ2) is 11.8. The van der Waals surface area contributed by atoms with Crippen LogP contribution in [-0.2, 0) is 0 Å². The molecule has 0 aliphatic rings. The molecule has 4 aromatic carbocycles. The standard InChI is InChI=1S/C48H26N8/c1-3-31-22-51-16-12-35(31)43-27(1)9-18-54-48(43)45-38-8-6-32-23-52-17-13-36(32)44(38)46(41-25-53-24-40-34-11-15-50-21-30(34)5-7-37(40)41)56-47(45)42-19-28-2-4-29-20-49-14-10-33(29)39(28)26-55-42/h1-26H. The molecule has 0 atom stereocenters. The lowest BCUT2D eigenvalue weighted by Gasteiger charge is -2.20. The van der Waals surface area contributed by atoms with Crippen LogP contribution in [0.5, 0.6) is 0 Å². The van der Waals surface area contributed by atoms with E-state index in [0.717, 1.165) is 120 Å². The molecule has 0 amide bonds. The maximum Gasteiger partial charge on any atom is 0.0994 e. The minimum atomic E-state index is 0.727. The van der Waals surface area contributed by atoms with Crippen molar-refractivity contribution >= 4 is 86.2 Å². The van der Waals surface area contributed by atoms with Crippen LogP contribution < -0.4 is 0 Å². The van der Waals surface area contributed by atoms with Gasteiger partial charge in [-0.3, -0.25) is 34.9 Å². The smallest absolute Gasteiger partial charge is 0.0994 e. The molecule has 0 aliphatic carbocycles. The van der Waals surface area contributed by atoms with E-state index in [0.29, 0.717) is 0 Å². The Bertz CT molecular complexity index is 3620. The fraction of sp³-hybridized carbons (Fsp3) is 0. The monoisotopic (exact) mass is 714 g/mol. The Labute approximate surface area is 318 Å². The second-order valence-corrected chi connectivity index (χ2v) is 14.1. The third-order valence-corrected chi connectivity index (χ3v) is 11.1. The van der Waals surface area contributed by atoms with Crippen molar-refractivity contribution in [1.29, 1.82) is 0 Å². The van der Waals surface area contributed by atoms with Crippen LogP contribution in [0, 0.1) is 0 Å². The molecule has 0 saturated heterocycles. The summed E-state index contributed by atoms with van der Waals surface area (Å²) in [6.07, 6.45) is 22.7. The lowest BCUT2D eigenvalue weighted by molar-refractivity contribution is 1.26. The van der Waals surface area contributed by atoms with Crippen molar-refractivity contribution in [3.63, 3.8) is 0 Å². The van der Waals surface area contributed by atoms with Crippen LogP contribution in [0.25, 0.3) is 120 Å². The molecule has 0 unspecified atom stereocenters. The Morgan fingerprint density at radius 2 is 0.893 bits per heavy atom. The van der Waals surface area contributed by atoms with Crippen molar-refractivity contribution < 1.29 is 0 Å². The summed E-state index contributed by atoms with van der Waals surface area (Å²) in [7, 11) is 0. The van der Waals surface area contributed by atoms with Crippen molar-refractivity contribution in [3.8, 4) is 33.9 Å². The van der Waals surface area contributed by atoms with Gasteiger partial charge in [-0.15, -0.1) is 0 Å². The van der Waals surface area contributed by atoms with Crippen LogP contribution in [0.4, 0.5) is 0 Å². The summed E-state index contributed by atoms with van der Waals surface area (Å²) in [6, 6.07) is 29.6. The summed E-state index contributed by atoms with van der Waals surface area (Å²) in [4.78, 5) is 38.7. The number of pyridine rings is 8. The first-order valence-corrected chi connectivity index (χ1v) is 18.3. The van der Waals surface area contributed by atoms with Gasteiger partial charge in [0.1, 0.15) is 0 Å². The first-order valence-electron chi connectivity index (χ1n) is 18.3. The molecule has 12 aromatic rings. The third-order valence-electron chi connectivity index (χ3n) is 11.1. The van der Waals surface area contributed by atoms with Crippen LogP contribution in [0.2, 0.25) is 0 Å². The van der Waals surface area contributed by atoms with Gasteiger partial charge in [-0.25, -0.2) is 4.98 Å². The SMILES string of the molecule is c1cc2c(ccc3cc(-c4nc(-c5cncc6c5ccc5cnccc56)c5c(ccc6cnccc65)c4-c4nccc5ccc6cnccc6c45)ncc32)cn1. The Kier molecular flexibility index (Phi) is 6.47. The summed E-state index contributed by atoms with van der Waals surface area (Å²) >= 11 is 0. The number of hydrogen-bond donors (Lipinski definition) is 0. The van der Waals surface area contributed by atoms with Gasteiger partial charge in [-0.2, -0.15) is 0 Å². The molecule has 0 radical (unpaired) electrons. The van der Waals surface area contributed by atoms with Gasteiger partial charge in [0, 0.05) is 129 Å². The Morgan fingerprint density at radius 1 is 0.304 bits per heavy atom. The van der Waals surface area contributed by atoms with Gasteiger partial charge in [0.15, 0.2) is 0 Å². The van der Waals surface area contributed by atoms with Crippen molar-refractivity contribution in [2.24, 2.45) is 0 Å². The first-order chi connectivity index (χ1) is 27.8. The van der Waals surface area contributed by atoms with E-state index >= 15 is 0 Å². The topological polar surface area (TPSA) is 103 Å². The van der Waals surface area contributed by atoms with Crippen molar-refractivity contribution in [2.45, 2.75) is 0 Å². The van der Waals surface area contributed by atoms with Crippen LogP contribution >= 0.6 is 0 Å². The lowest BCUT2D eigenvalue weighted by Crippen LogP contribution is -2.01. The fourth-order valence-electron chi connectivity index (χ4n) is 8.58. The maximum absolute atomic E-state index is 5.76. The van der Waals surface area contributed by atoms with E-state index < -0.39 is 0 Å². The molecule has 56 heavy (non-hydrogen) atoms. The molecule has 8 nitrogen and oxygen atoms in total. The summed E-state index contributed by atoms with van der Waals surface area (Å²) < 4.78 is 0. The first kappa shape index (κ1) is 30.6. The van der Waals surface area contributed by atoms with E-state index in [1.807, 2.05) is 80.4 Å². The van der Waals surface area contributed by atoms with Crippen LogP contribution in [0.3, 0.4) is 0 Å². The minimum absolute atomic E-state index is 0.727. The van der Waals surface area contributed by atoms with Crippen LogP contribution in [-0.4, -0.2) is 39.9 Å². The predicted octanol–water partition coefficient (Wildman–Crippen LogP) is 11.1.